The van der Waals surface area contributed by atoms with Gasteiger partial charge in [0.05, 0.1) is 11.0 Å². The number of aryl methyl sites for hydroxylation is 3. The molecule has 2 aromatic carbocycles. The molecule has 2 heterocycles. The summed E-state index contributed by atoms with van der Waals surface area (Å²) in [5, 5.41) is 2.31. The lowest BCUT2D eigenvalue weighted by Crippen LogP contribution is -1.94. The van der Waals surface area contributed by atoms with E-state index in [1.165, 1.54) is 33.2 Å². The fourth-order valence-corrected chi connectivity index (χ4v) is 3.38. The van der Waals surface area contributed by atoms with Crippen LogP contribution in [0.25, 0.3) is 32.9 Å². The largest absolute Gasteiger partial charge is 0.350 e. The molecule has 4 rings (SSSR count). The number of aromatic nitrogens is 3. The Labute approximate surface area is 129 Å². The van der Waals surface area contributed by atoms with Crippen LogP contribution >= 0.6 is 0 Å². The van der Waals surface area contributed by atoms with Crippen molar-refractivity contribution in [3.8, 4) is 11.1 Å². The zero-order chi connectivity index (χ0) is 15.3. The highest BCUT2D eigenvalue weighted by molar-refractivity contribution is 6.11. The number of rotatable bonds is 1. The second-order valence-corrected chi connectivity index (χ2v) is 5.84. The van der Waals surface area contributed by atoms with Crippen LogP contribution in [0.2, 0.25) is 0 Å². The smallest absolute Gasteiger partial charge is 0.116 e. The minimum absolute atomic E-state index is 0.992. The van der Waals surface area contributed by atoms with Crippen molar-refractivity contribution in [3.05, 3.63) is 60.2 Å². The zero-order valence-corrected chi connectivity index (χ0v) is 13.0. The lowest BCUT2D eigenvalue weighted by atomic mass is 9.93. The van der Waals surface area contributed by atoms with Crippen LogP contribution < -0.4 is 0 Å². The Bertz CT molecular complexity index is 992. The van der Waals surface area contributed by atoms with E-state index in [9.17, 15) is 0 Å². The zero-order valence-electron chi connectivity index (χ0n) is 13.0. The highest BCUT2D eigenvalue weighted by Gasteiger charge is 2.15. The molecular formula is C19H17N3. The lowest BCUT2D eigenvalue weighted by molar-refractivity contribution is 0.970. The van der Waals surface area contributed by atoms with Gasteiger partial charge in [-0.3, -0.25) is 0 Å². The van der Waals surface area contributed by atoms with Crippen LogP contribution in [0.15, 0.2) is 49.1 Å². The summed E-state index contributed by atoms with van der Waals surface area (Å²) in [6, 6.07) is 10.8. The Hall–Kier alpha value is -2.68. The molecule has 0 unspecified atom stereocenters. The first-order valence-corrected chi connectivity index (χ1v) is 7.41. The average molecular weight is 287 g/mol. The van der Waals surface area contributed by atoms with Crippen molar-refractivity contribution in [3.63, 3.8) is 0 Å². The van der Waals surface area contributed by atoms with Gasteiger partial charge in [-0.05, 0) is 42.7 Å². The third-order valence-corrected chi connectivity index (χ3v) is 4.39. The first-order chi connectivity index (χ1) is 10.7. The van der Waals surface area contributed by atoms with Crippen LogP contribution in [-0.4, -0.2) is 14.5 Å². The molecule has 22 heavy (non-hydrogen) atoms. The molecule has 2 aromatic heterocycles. The van der Waals surface area contributed by atoms with E-state index in [-0.39, 0.29) is 0 Å². The highest BCUT2D eigenvalue weighted by Crippen LogP contribution is 2.37. The van der Waals surface area contributed by atoms with Crippen molar-refractivity contribution in [1.29, 1.82) is 0 Å². The molecule has 0 fully saturated rings. The van der Waals surface area contributed by atoms with Crippen LogP contribution in [0, 0.1) is 13.8 Å². The highest BCUT2D eigenvalue weighted by atomic mass is 14.9. The predicted molar refractivity (Wildman–Crippen MR) is 90.9 cm³/mol. The van der Waals surface area contributed by atoms with E-state index in [4.69, 9.17) is 0 Å². The van der Waals surface area contributed by atoms with Gasteiger partial charge < -0.3 is 4.57 Å². The van der Waals surface area contributed by atoms with Gasteiger partial charge in [0.1, 0.15) is 6.33 Å². The maximum Gasteiger partial charge on any atom is 0.116 e. The topological polar surface area (TPSA) is 30.7 Å². The summed E-state index contributed by atoms with van der Waals surface area (Å²) in [5.41, 5.74) is 7.34. The third kappa shape index (κ3) is 1.75. The average Bonchev–Trinajstić information content (AvgIpc) is 2.90. The Morgan fingerprint density at radius 2 is 1.77 bits per heavy atom. The van der Waals surface area contributed by atoms with Crippen molar-refractivity contribution in [2.75, 3.05) is 0 Å². The van der Waals surface area contributed by atoms with Gasteiger partial charge in [-0.2, -0.15) is 0 Å². The molecule has 0 N–H and O–H groups in total. The van der Waals surface area contributed by atoms with Gasteiger partial charge in [-0.15, -0.1) is 0 Å². The number of fused-ring (bicyclic) bond motifs is 3. The summed E-state index contributed by atoms with van der Waals surface area (Å²) in [6.07, 6.45) is 5.62. The molecule has 0 saturated carbocycles. The molecule has 0 aliphatic carbocycles. The van der Waals surface area contributed by atoms with E-state index in [1.807, 2.05) is 6.20 Å². The van der Waals surface area contributed by atoms with Gasteiger partial charge in [-0.25, -0.2) is 9.97 Å². The van der Waals surface area contributed by atoms with Crippen LogP contribution in [0.1, 0.15) is 11.1 Å². The summed E-state index contributed by atoms with van der Waals surface area (Å²) in [5.74, 6) is 0. The maximum atomic E-state index is 4.47. The summed E-state index contributed by atoms with van der Waals surface area (Å²) in [7, 11) is 2.09. The van der Waals surface area contributed by atoms with Gasteiger partial charge in [0, 0.05) is 35.8 Å². The van der Waals surface area contributed by atoms with Crippen LogP contribution in [-0.2, 0) is 7.05 Å². The van der Waals surface area contributed by atoms with Crippen molar-refractivity contribution >= 4 is 21.8 Å². The molecule has 3 heteroatoms. The number of hydrogen-bond acceptors (Lipinski definition) is 2. The summed E-state index contributed by atoms with van der Waals surface area (Å²) in [4.78, 5) is 8.66. The van der Waals surface area contributed by atoms with Gasteiger partial charge >= 0.3 is 0 Å². The molecule has 0 radical (unpaired) electrons. The van der Waals surface area contributed by atoms with E-state index in [1.54, 1.807) is 6.33 Å². The lowest BCUT2D eigenvalue weighted by Gasteiger charge is -2.14. The fourth-order valence-electron chi connectivity index (χ4n) is 3.38. The van der Waals surface area contributed by atoms with E-state index in [0.717, 1.165) is 10.9 Å². The molecular weight excluding hydrogens is 270 g/mol. The Morgan fingerprint density at radius 1 is 1.00 bits per heavy atom. The van der Waals surface area contributed by atoms with Gasteiger partial charge in [0.2, 0.25) is 0 Å². The normalized spacial score (nSPS) is 11.4. The molecule has 0 spiro atoms. The maximum absolute atomic E-state index is 4.47. The molecule has 0 aliphatic heterocycles. The number of hydrogen-bond donors (Lipinski definition) is 0. The Morgan fingerprint density at radius 3 is 2.55 bits per heavy atom. The van der Waals surface area contributed by atoms with Crippen LogP contribution in [0.3, 0.4) is 0 Å². The van der Waals surface area contributed by atoms with Crippen LogP contribution in [0.5, 0.6) is 0 Å². The van der Waals surface area contributed by atoms with E-state index < -0.39 is 0 Å². The van der Waals surface area contributed by atoms with Crippen molar-refractivity contribution < 1.29 is 0 Å². The van der Waals surface area contributed by atoms with Gasteiger partial charge in [0.25, 0.3) is 0 Å². The van der Waals surface area contributed by atoms with Crippen LogP contribution in [0.4, 0.5) is 0 Å². The SMILES string of the molecule is Cc1cccc(C)c1-c1cc2ncncc2c2ccn(C)c12. The van der Waals surface area contributed by atoms with Gasteiger partial charge in [0.15, 0.2) is 0 Å². The molecule has 0 atom stereocenters. The minimum Gasteiger partial charge on any atom is -0.350 e. The van der Waals surface area contributed by atoms with Crippen molar-refractivity contribution in [2.45, 2.75) is 13.8 Å². The molecule has 0 aliphatic rings. The Kier molecular flexibility index (Phi) is 2.76. The molecule has 3 nitrogen and oxygen atoms in total. The van der Waals surface area contributed by atoms with Crippen molar-refractivity contribution in [1.82, 2.24) is 14.5 Å². The van der Waals surface area contributed by atoms with E-state index in [0.29, 0.717) is 0 Å². The standard InChI is InChI=1S/C19H17N3/c1-12-5-4-6-13(2)18(12)15-9-17-16(10-20-11-21-17)14-7-8-22(3)19(14)15/h4-11H,1-3H3. The molecule has 0 saturated heterocycles. The molecule has 4 aromatic rings. The summed E-state index contributed by atoms with van der Waals surface area (Å²) < 4.78 is 2.18. The second-order valence-electron chi connectivity index (χ2n) is 5.84. The van der Waals surface area contributed by atoms with E-state index in [2.05, 4.69) is 72.0 Å². The minimum atomic E-state index is 0.992. The predicted octanol–water partition coefficient (Wildman–Crippen LogP) is 4.41. The van der Waals surface area contributed by atoms with Gasteiger partial charge in [-0.1, -0.05) is 18.2 Å². The quantitative estimate of drug-likeness (QED) is 0.519. The first kappa shape index (κ1) is 13.0. The monoisotopic (exact) mass is 287 g/mol. The Balaban J connectivity index is 2.23. The first-order valence-electron chi connectivity index (χ1n) is 7.41. The molecule has 0 amide bonds. The van der Waals surface area contributed by atoms with E-state index >= 15 is 0 Å². The molecule has 108 valence electrons. The number of benzene rings is 2. The fraction of sp³-hybridized carbons (Fsp3) is 0.158. The summed E-state index contributed by atoms with van der Waals surface area (Å²) >= 11 is 0. The third-order valence-electron chi connectivity index (χ3n) is 4.39. The summed E-state index contributed by atoms with van der Waals surface area (Å²) in [6.45, 7) is 4.34. The number of nitrogens with zero attached hydrogens (tertiary/aromatic N) is 3. The molecule has 0 bridgehead atoms. The van der Waals surface area contributed by atoms with Crippen molar-refractivity contribution in [2.24, 2.45) is 7.05 Å². The second kappa shape index (κ2) is 4.67.